The minimum atomic E-state index is -1.14. The van der Waals surface area contributed by atoms with E-state index in [4.69, 9.17) is 10.5 Å². The molecule has 0 radical (unpaired) electrons. The van der Waals surface area contributed by atoms with Crippen LogP contribution in [0.15, 0.2) is 24.3 Å². The monoisotopic (exact) mass is 297 g/mol. The van der Waals surface area contributed by atoms with Gasteiger partial charge < -0.3 is 15.6 Å². The number of rotatable bonds is 7. The first-order valence-electron chi connectivity index (χ1n) is 7.11. The van der Waals surface area contributed by atoms with Crippen molar-refractivity contribution in [3.05, 3.63) is 35.6 Å². The van der Waals surface area contributed by atoms with E-state index in [1.807, 2.05) is 0 Å². The first-order valence-corrected chi connectivity index (χ1v) is 7.11. The minimum Gasteiger partial charge on any atom is -0.465 e. The fourth-order valence-electron chi connectivity index (χ4n) is 2.24. The number of carbonyl (C=O) groups excluding carboxylic acids is 1. The number of aliphatic hydroxyl groups is 1. The van der Waals surface area contributed by atoms with Gasteiger partial charge in [-0.05, 0) is 51.3 Å². The van der Waals surface area contributed by atoms with Crippen LogP contribution in [0.25, 0.3) is 0 Å². The summed E-state index contributed by atoms with van der Waals surface area (Å²) in [5.41, 5.74) is 4.24. The lowest BCUT2D eigenvalue weighted by Crippen LogP contribution is -2.45. The minimum absolute atomic E-state index is 0.00856. The lowest BCUT2D eigenvalue weighted by Gasteiger charge is -2.33. The maximum Gasteiger partial charge on any atom is 0.317 e. The molecule has 0 saturated carbocycles. The van der Waals surface area contributed by atoms with E-state index in [0.717, 1.165) is 0 Å². The Balaban J connectivity index is 3.22. The van der Waals surface area contributed by atoms with Crippen LogP contribution in [0.5, 0.6) is 0 Å². The molecule has 0 heterocycles. The highest BCUT2D eigenvalue weighted by Gasteiger charge is 2.41. The topological polar surface area (TPSA) is 72.5 Å². The standard InChI is InChI=1S/C16H24FNO3/c1-4-21-14(19)16(11-18,9-8-15(2,3)20)12-6-5-7-13(17)10-12/h5-7,10,20H,4,8-9,11,18H2,1-3H3. The molecule has 0 aliphatic heterocycles. The van der Waals surface area contributed by atoms with Gasteiger partial charge in [0.2, 0.25) is 0 Å². The van der Waals surface area contributed by atoms with E-state index < -0.39 is 22.8 Å². The molecule has 3 N–H and O–H groups in total. The lowest BCUT2D eigenvalue weighted by molar-refractivity contribution is -0.150. The fraction of sp³-hybridized carbons (Fsp3) is 0.562. The molecule has 1 atom stereocenters. The van der Waals surface area contributed by atoms with Crippen molar-refractivity contribution in [2.24, 2.45) is 5.73 Å². The number of esters is 1. The molecular formula is C16H24FNO3. The number of carbonyl (C=O) groups is 1. The zero-order chi connectivity index (χ0) is 16.1. The average Bonchev–Trinajstić information content (AvgIpc) is 2.39. The first kappa shape index (κ1) is 17.6. The molecule has 0 aliphatic carbocycles. The maximum absolute atomic E-state index is 13.5. The molecule has 1 unspecified atom stereocenters. The van der Waals surface area contributed by atoms with Crippen LogP contribution in [-0.4, -0.2) is 29.8 Å². The molecule has 0 bridgehead atoms. The number of benzene rings is 1. The second kappa shape index (κ2) is 7.00. The van der Waals surface area contributed by atoms with Gasteiger partial charge in [-0.2, -0.15) is 0 Å². The van der Waals surface area contributed by atoms with Gasteiger partial charge in [0.05, 0.1) is 12.2 Å². The predicted octanol–water partition coefficient (Wildman–Crippen LogP) is 2.14. The Morgan fingerprint density at radius 2 is 2.05 bits per heavy atom. The van der Waals surface area contributed by atoms with Crippen LogP contribution in [0.4, 0.5) is 4.39 Å². The largest absolute Gasteiger partial charge is 0.465 e. The van der Waals surface area contributed by atoms with Gasteiger partial charge in [0.25, 0.3) is 0 Å². The molecule has 118 valence electrons. The highest BCUT2D eigenvalue weighted by Crippen LogP contribution is 2.33. The van der Waals surface area contributed by atoms with E-state index in [0.29, 0.717) is 12.0 Å². The lowest BCUT2D eigenvalue weighted by atomic mass is 9.74. The Morgan fingerprint density at radius 3 is 2.52 bits per heavy atom. The Labute approximate surface area is 125 Å². The first-order chi connectivity index (χ1) is 9.75. The Morgan fingerprint density at radius 1 is 1.38 bits per heavy atom. The van der Waals surface area contributed by atoms with Crippen molar-refractivity contribution in [2.75, 3.05) is 13.2 Å². The molecule has 1 rings (SSSR count). The van der Waals surface area contributed by atoms with Gasteiger partial charge in [-0.1, -0.05) is 12.1 Å². The van der Waals surface area contributed by atoms with Gasteiger partial charge in [-0.25, -0.2) is 4.39 Å². The third-order valence-corrected chi connectivity index (χ3v) is 3.56. The Hall–Kier alpha value is -1.46. The summed E-state index contributed by atoms with van der Waals surface area (Å²) < 4.78 is 18.6. The molecule has 1 aromatic carbocycles. The molecular weight excluding hydrogens is 273 g/mol. The number of halogens is 1. The van der Waals surface area contributed by atoms with Crippen LogP contribution < -0.4 is 5.73 Å². The van der Waals surface area contributed by atoms with Gasteiger partial charge in [0.15, 0.2) is 0 Å². The molecule has 0 spiro atoms. The van der Waals surface area contributed by atoms with Crippen molar-refractivity contribution in [1.82, 2.24) is 0 Å². The molecule has 0 aliphatic rings. The van der Waals surface area contributed by atoms with Gasteiger partial charge in [0, 0.05) is 6.54 Å². The van der Waals surface area contributed by atoms with E-state index >= 15 is 0 Å². The molecule has 4 nitrogen and oxygen atoms in total. The van der Waals surface area contributed by atoms with E-state index in [1.165, 1.54) is 12.1 Å². The van der Waals surface area contributed by atoms with Crippen molar-refractivity contribution in [3.8, 4) is 0 Å². The summed E-state index contributed by atoms with van der Waals surface area (Å²) in [5, 5.41) is 9.92. The van der Waals surface area contributed by atoms with Gasteiger partial charge >= 0.3 is 5.97 Å². The van der Waals surface area contributed by atoms with E-state index in [1.54, 1.807) is 32.9 Å². The zero-order valence-corrected chi connectivity index (χ0v) is 12.9. The molecule has 0 amide bonds. The van der Waals surface area contributed by atoms with Crippen molar-refractivity contribution < 1.29 is 19.0 Å². The van der Waals surface area contributed by atoms with Crippen LogP contribution in [0.2, 0.25) is 0 Å². The van der Waals surface area contributed by atoms with Crippen LogP contribution in [0.1, 0.15) is 39.2 Å². The summed E-state index contributed by atoms with van der Waals surface area (Å²) >= 11 is 0. The average molecular weight is 297 g/mol. The summed E-state index contributed by atoms with van der Waals surface area (Å²) in [4.78, 5) is 12.4. The van der Waals surface area contributed by atoms with Crippen LogP contribution >= 0.6 is 0 Å². The quantitative estimate of drug-likeness (QED) is 0.756. The van der Waals surface area contributed by atoms with Crippen molar-refractivity contribution >= 4 is 5.97 Å². The van der Waals surface area contributed by atoms with Crippen LogP contribution in [0, 0.1) is 5.82 Å². The summed E-state index contributed by atoms with van der Waals surface area (Å²) in [6.45, 7) is 5.24. The number of nitrogens with two attached hydrogens (primary N) is 1. The zero-order valence-electron chi connectivity index (χ0n) is 12.9. The SMILES string of the molecule is CCOC(=O)C(CN)(CCC(C)(C)O)c1cccc(F)c1. The summed E-state index contributed by atoms with van der Waals surface area (Å²) in [7, 11) is 0. The van der Waals surface area contributed by atoms with Crippen molar-refractivity contribution in [3.63, 3.8) is 0 Å². The third-order valence-electron chi connectivity index (χ3n) is 3.56. The number of ether oxygens (including phenoxy) is 1. The van der Waals surface area contributed by atoms with E-state index in [2.05, 4.69) is 0 Å². The molecule has 0 aromatic heterocycles. The smallest absolute Gasteiger partial charge is 0.317 e. The molecule has 0 saturated heterocycles. The van der Waals surface area contributed by atoms with Crippen molar-refractivity contribution in [2.45, 2.75) is 44.6 Å². The number of hydrogen-bond donors (Lipinski definition) is 2. The maximum atomic E-state index is 13.5. The summed E-state index contributed by atoms with van der Waals surface area (Å²) in [6.07, 6.45) is 0.634. The van der Waals surface area contributed by atoms with Crippen LogP contribution in [0.3, 0.4) is 0 Å². The van der Waals surface area contributed by atoms with E-state index in [-0.39, 0.29) is 19.6 Å². The third kappa shape index (κ3) is 4.51. The summed E-state index contributed by atoms with van der Waals surface area (Å²) in [6, 6.07) is 5.82. The highest BCUT2D eigenvalue weighted by molar-refractivity contribution is 5.83. The normalized spacial score (nSPS) is 14.6. The Kier molecular flexibility index (Phi) is 5.87. The van der Waals surface area contributed by atoms with Gasteiger partial charge in [-0.3, -0.25) is 4.79 Å². The molecule has 0 fully saturated rings. The highest BCUT2D eigenvalue weighted by atomic mass is 19.1. The van der Waals surface area contributed by atoms with E-state index in [9.17, 15) is 14.3 Å². The molecule has 5 heteroatoms. The van der Waals surface area contributed by atoms with Gasteiger partial charge in [-0.15, -0.1) is 0 Å². The molecule has 21 heavy (non-hydrogen) atoms. The number of hydrogen-bond acceptors (Lipinski definition) is 4. The van der Waals surface area contributed by atoms with Crippen molar-refractivity contribution in [1.29, 1.82) is 0 Å². The Bertz CT molecular complexity index is 485. The second-order valence-corrected chi connectivity index (χ2v) is 5.83. The predicted molar refractivity (Wildman–Crippen MR) is 79.3 cm³/mol. The fourth-order valence-corrected chi connectivity index (χ4v) is 2.24. The second-order valence-electron chi connectivity index (χ2n) is 5.83. The molecule has 1 aromatic rings. The van der Waals surface area contributed by atoms with Gasteiger partial charge in [0.1, 0.15) is 11.2 Å². The van der Waals surface area contributed by atoms with Crippen LogP contribution in [-0.2, 0) is 14.9 Å². The summed E-state index contributed by atoms with van der Waals surface area (Å²) in [5.74, 6) is -0.916.